The maximum atomic E-state index is 11.8. The zero-order chi connectivity index (χ0) is 17.4. The summed E-state index contributed by atoms with van der Waals surface area (Å²) in [6.45, 7) is 4.16. The minimum atomic E-state index is -0.209. The van der Waals surface area contributed by atoms with Gasteiger partial charge in [-0.1, -0.05) is 36.3 Å². The largest absolute Gasteiger partial charge is 0.360 e. The second kappa shape index (κ2) is 8.86. The molecule has 1 aromatic carbocycles. The van der Waals surface area contributed by atoms with Gasteiger partial charge in [-0.3, -0.25) is 9.59 Å². The maximum Gasteiger partial charge on any atom is 0.227 e. The molecule has 0 radical (unpaired) electrons. The molecule has 0 aliphatic rings. The number of benzene rings is 1. The van der Waals surface area contributed by atoms with Crippen molar-refractivity contribution in [1.29, 1.82) is 0 Å². The lowest BCUT2D eigenvalue weighted by molar-refractivity contribution is -0.121. The van der Waals surface area contributed by atoms with E-state index >= 15 is 0 Å². The molecule has 2 aromatic rings. The van der Waals surface area contributed by atoms with E-state index in [2.05, 4.69) is 47.0 Å². The molecule has 0 saturated heterocycles. The molecule has 2 amide bonds. The molecule has 2 N–H and O–H groups in total. The maximum absolute atomic E-state index is 11.8. The van der Waals surface area contributed by atoms with Crippen LogP contribution in [0.25, 0.3) is 0 Å². The predicted molar refractivity (Wildman–Crippen MR) is 91.6 cm³/mol. The fourth-order valence-corrected chi connectivity index (χ4v) is 2.23. The van der Waals surface area contributed by atoms with Crippen LogP contribution < -0.4 is 10.6 Å². The Bertz CT molecular complexity index is 677. The molecule has 1 heterocycles. The van der Waals surface area contributed by atoms with E-state index < -0.39 is 0 Å². The monoisotopic (exact) mass is 329 g/mol. The van der Waals surface area contributed by atoms with E-state index in [4.69, 9.17) is 4.52 Å². The first-order valence-corrected chi connectivity index (χ1v) is 8.14. The van der Waals surface area contributed by atoms with Crippen molar-refractivity contribution in [1.82, 2.24) is 10.5 Å². The van der Waals surface area contributed by atoms with E-state index in [1.165, 1.54) is 5.56 Å². The standard InChI is InChI=1S/C18H23N3O3/c1-3-14-4-6-15(7-5-14)8-9-17(22)19-11-10-18(23)20-16-12-13(2)24-21-16/h4-7,12H,3,8-11H2,1-2H3,(H,19,22)(H,20,21,23). The Morgan fingerprint density at radius 1 is 1.08 bits per heavy atom. The van der Waals surface area contributed by atoms with Crippen molar-refractivity contribution in [2.75, 3.05) is 11.9 Å². The van der Waals surface area contributed by atoms with Gasteiger partial charge in [-0.05, 0) is 30.9 Å². The van der Waals surface area contributed by atoms with Gasteiger partial charge in [0.05, 0.1) is 0 Å². The van der Waals surface area contributed by atoms with E-state index in [9.17, 15) is 9.59 Å². The van der Waals surface area contributed by atoms with E-state index in [0.29, 0.717) is 31.0 Å². The van der Waals surface area contributed by atoms with Crippen molar-refractivity contribution in [2.45, 2.75) is 39.5 Å². The lowest BCUT2D eigenvalue weighted by Gasteiger charge is -2.06. The number of hydrogen-bond acceptors (Lipinski definition) is 4. The third-order valence-corrected chi connectivity index (χ3v) is 3.64. The molecule has 0 spiro atoms. The third kappa shape index (κ3) is 5.87. The molecular formula is C18H23N3O3. The zero-order valence-electron chi connectivity index (χ0n) is 14.1. The topological polar surface area (TPSA) is 84.2 Å². The fourth-order valence-electron chi connectivity index (χ4n) is 2.23. The number of aromatic nitrogens is 1. The number of carbonyl (C=O) groups is 2. The molecule has 6 heteroatoms. The molecule has 1 aromatic heterocycles. The second-order valence-corrected chi connectivity index (χ2v) is 5.64. The quantitative estimate of drug-likeness (QED) is 0.780. The number of carbonyl (C=O) groups excluding carboxylic acids is 2. The molecule has 0 bridgehead atoms. The molecule has 0 saturated carbocycles. The third-order valence-electron chi connectivity index (χ3n) is 3.64. The molecule has 2 rings (SSSR count). The van der Waals surface area contributed by atoms with Gasteiger partial charge in [0.25, 0.3) is 0 Å². The smallest absolute Gasteiger partial charge is 0.227 e. The Balaban J connectivity index is 1.62. The van der Waals surface area contributed by atoms with Crippen LogP contribution in [0.5, 0.6) is 0 Å². The number of aryl methyl sites for hydroxylation is 3. The Kier molecular flexibility index (Phi) is 6.54. The van der Waals surface area contributed by atoms with Crippen molar-refractivity contribution >= 4 is 17.6 Å². The fraction of sp³-hybridized carbons (Fsp3) is 0.389. The van der Waals surface area contributed by atoms with Gasteiger partial charge < -0.3 is 15.2 Å². The van der Waals surface area contributed by atoms with Gasteiger partial charge in [0.2, 0.25) is 11.8 Å². The van der Waals surface area contributed by atoms with Crippen LogP contribution in [-0.2, 0) is 22.4 Å². The van der Waals surface area contributed by atoms with Crippen LogP contribution in [0.1, 0.15) is 36.7 Å². The van der Waals surface area contributed by atoms with Gasteiger partial charge >= 0.3 is 0 Å². The number of hydrogen-bond donors (Lipinski definition) is 2. The number of nitrogens with one attached hydrogen (secondary N) is 2. The van der Waals surface area contributed by atoms with Gasteiger partial charge in [0.15, 0.2) is 5.82 Å². The molecule has 0 atom stereocenters. The number of amides is 2. The molecule has 128 valence electrons. The average Bonchev–Trinajstić information content (AvgIpc) is 2.98. The first-order valence-electron chi connectivity index (χ1n) is 8.14. The normalized spacial score (nSPS) is 10.4. The molecule has 0 fully saturated rings. The summed E-state index contributed by atoms with van der Waals surface area (Å²) < 4.78 is 4.86. The summed E-state index contributed by atoms with van der Waals surface area (Å²) in [6, 6.07) is 9.92. The molecule has 0 unspecified atom stereocenters. The van der Waals surface area contributed by atoms with E-state index in [-0.39, 0.29) is 18.2 Å². The summed E-state index contributed by atoms with van der Waals surface area (Å²) >= 11 is 0. The first kappa shape index (κ1) is 17.7. The van der Waals surface area contributed by atoms with Crippen molar-refractivity contribution in [3.8, 4) is 0 Å². The van der Waals surface area contributed by atoms with Crippen LogP contribution in [0.15, 0.2) is 34.9 Å². The van der Waals surface area contributed by atoms with Crippen molar-refractivity contribution < 1.29 is 14.1 Å². The van der Waals surface area contributed by atoms with Gasteiger partial charge in [-0.15, -0.1) is 0 Å². The van der Waals surface area contributed by atoms with Gasteiger partial charge in [0.1, 0.15) is 5.76 Å². The predicted octanol–water partition coefficient (Wildman–Crippen LogP) is 2.62. The highest BCUT2D eigenvalue weighted by Gasteiger charge is 2.07. The molecule has 0 aliphatic carbocycles. The second-order valence-electron chi connectivity index (χ2n) is 5.64. The lowest BCUT2D eigenvalue weighted by atomic mass is 10.1. The van der Waals surface area contributed by atoms with Crippen molar-refractivity contribution in [3.63, 3.8) is 0 Å². The van der Waals surface area contributed by atoms with Crippen molar-refractivity contribution in [2.24, 2.45) is 0 Å². The highest BCUT2D eigenvalue weighted by atomic mass is 16.5. The summed E-state index contributed by atoms with van der Waals surface area (Å²) in [4.78, 5) is 23.5. The Morgan fingerprint density at radius 2 is 1.79 bits per heavy atom. The van der Waals surface area contributed by atoms with Gasteiger partial charge in [-0.25, -0.2) is 0 Å². The lowest BCUT2D eigenvalue weighted by Crippen LogP contribution is -2.27. The molecular weight excluding hydrogens is 306 g/mol. The highest BCUT2D eigenvalue weighted by Crippen LogP contribution is 2.08. The van der Waals surface area contributed by atoms with Gasteiger partial charge in [-0.2, -0.15) is 0 Å². The van der Waals surface area contributed by atoms with Crippen LogP contribution in [0.3, 0.4) is 0 Å². The van der Waals surface area contributed by atoms with Crippen LogP contribution in [0.2, 0.25) is 0 Å². The number of nitrogens with zero attached hydrogens (tertiary/aromatic N) is 1. The summed E-state index contributed by atoms with van der Waals surface area (Å²) in [5.74, 6) is 0.753. The summed E-state index contributed by atoms with van der Waals surface area (Å²) in [5, 5.41) is 9.04. The minimum Gasteiger partial charge on any atom is -0.360 e. The van der Waals surface area contributed by atoms with Gasteiger partial charge in [0, 0.05) is 25.5 Å². The first-order chi connectivity index (χ1) is 11.6. The van der Waals surface area contributed by atoms with E-state index in [1.807, 2.05) is 0 Å². The van der Waals surface area contributed by atoms with E-state index in [0.717, 1.165) is 12.0 Å². The van der Waals surface area contributed by atoms with Crippen LogP contribution in [-0.4, -0.2) is 23.5 Å². The van der Waals surface area contributed by atoms with Crippen LogP contribution in [0.4, 0.5) is 5.82 Å². The summed E-state index contributed by atoms with van der Waals surface area (Å²) in [6.07, 6.45) is 2.31. The molecule has 0 aliphatic heterocycles. The summed E-state index contributed by atoms with van der Waals surface area (Å²) in [5.41, 5.74) is 2.43. The molecule has 6 nitrogen and oxygen atoms in total. The van der Waals surface area contributed by atoms with Crippen LogP contribution in [0, 0.1) is 6.92 Å². The Labute approximate surface area is 141 Å². The number of rotatable bonds is 8. The molecule has 24 heavy (non-hydrogen) atoms. The number of anilines is 1. The zero-order valence-corrected chi connectivity index (χ0v) is 14.1. The SMILES string of the molecule is CCc1ccc(CCC(=O)NCCC(=O)Nc2cc(C)on2)cc1. The van der Waals surface area contributed by atoms with Crippen LogP contribution >= 0.6 is 0 Å². The Morgan fingerprint density at radius 3 is 2.42 bits per heavy atom. The minimum absolute atomic E-state index is 0.0559. The van der Waals surface area contributed by atoms with Crippen molar-refractivity contribution in [3.05, 3.63) is 47.2 Å². The Hall–Kier alpha value is -2.63. The average molecular weight is 329 g/mol. The van der Waals surface area contributed by atoms with E-state index in [1.54, 1.807) is 13.0 Å². The summed E-state index contributed by atoms with van der Waals surface area (Å²) in [7, 11) is 0. The highest BCUT2D eigenvalue weighted by molar-refractivity contribution is 5.90.